The molecule has 5 nitrogen and oxygen atoms in total. The van der Waals surface area contributed by atoms with Crippen LogP contribution in [0.1, 0.15) is 63.0 Å². The Kier molecular flexibility index (Phi) is 9.14. The van der Waals surface area contributed by atoms with E-state index in [-0.39, 0.29) is 17.9 Å². The van der Waals surface area contributed by atoms with Gasteiger partial charge in [-0.25, -0.2) is 0 Å². The van der Waals surface area contributed by atoms with Gasteiger partial charge in [0.15, 0.2) is 0 Å². The second kappa shape index (κ2) is 12.3. The van der Waals surface area contributed by atoms with Gasteiger partial charge in [0, 0.05) is 19.0 Å². The highest BCUT2D eigenvalue weighted by Crippen LogP contribution is 2.19. The quantitative estimate of drug-likeness (QED) is 0.532. The van der Waals surface area contributed by atoms with Gasteiger partial charge in [-0.3, -0.25) is 9.59 Å². The summed E-state index contributed by atoms with van der Waals surface area (Å²) in [4.78, 5) is 27.8. The Bertz CT molecular complexity index is 845. The maximum absolute atomic E-state index is 13.1. The van der Waals surface area contributed by atoms with Crippen molar-refractivity contribution in [1.82, 2.24) is 10.2 Å². The number of ether oxygens (including phenoxy) is 1. The van der Waals surface area contributed by atoms with Crippen molar-refractivity contribution in [2.45, 2.75) is 77.4 Å². The third-order valence-corrected chi connectivity index (χ3v) is 6.14. The van der Waals surface area contributed by atoms with Crippen LogP contribution in [-0.4, -0.2) is 35.4 Å². The highest BCUT2D eigenvalue weighted by atomic mass is 16.5. The number of rotatable bonds is 10. The average Bonchev–Trinajstić information content (AvgIpc) is 2.82. The van der Waals surface area contributed by atoms with Crippen molar-refractivity contribution in [3.63, 3.8) is 0 Å². The summed E-state index contributed by atoms with van der Waals surface area (Å²) in [7, 11) is 0. The van der Waals surface area contributed by atoms with Gasteiger partial charge in [-0.15, -0.1) is 0 Å². The SMILES string of the molecule is Cc1ccc(OCCCC(=O)N(Cc2ccccc2)C(C)C(=O)NC2CCCCC2)cc1. The zero-order chi connectivity index (χ0) is 22.8. The van der Waals surface area contributed by atoms with Crippen LogP contribution in [0.4, 0.5) is 0 Å². The topological polar surface area (TPSA) is 58.6 Å². The number of hydrogen-bond acceptors (Lipinski definition) is 3. The number of nitrogens with zero attached hydrogens (tertiary/aromatic N) is 1. The molecule has 1 atom stereocenters. The lowest BCUT2D eigenvalue weighted by molar-refractivity contribution is -0.141. The molecule has 1 aliphatic rings. The molecule has 0 aromatic heterocycles. The molecule has 3 rings (SSSR count). The highest BCUT2D eigenvalue weighted by molar-refractivity contribution is 5.87. The van der Waals surface area contributed by atoms with Gasteiger partial charge in [-0.1, -0.05) is 67.3 Å². The molecule has 0 aliphatic heterocycles. The van der Waals surface area contributed by atoms with Gasteiger partial charge in [-0.2, -0.15) is 0 Å². The summed E-state index contributed by atoms with van der Waals surface area (Å²) in [6.45, 7) is 4.77. The molecule has 1 N–H and O–H groups in total. The number of benzene rings is 2. The molecule has 32 heavy (non-hydrogen) atoms. The second-order valence-corrected chi connectivity index (χ2v) is 8.79. The lowest BCUT2D eigenvalue weighted by atomic mass is 9.95. The van der Waals surface area contributed by atoms with Gasteiger partial charge in [0.05, 0.1) is 6.61 Å². The molecule has 0 heterocycles. The number of hydrogen-bond donors (Lipinski definition) is 1. The minimum Gasteiger partial charge on any atom is -0.494 e. The molecule has 0 spiro atoms. The number of carbonyl (C=O) groups is 2. The average molecular weight is 437 g/mol. The van der Waals surface area contributed by atoms with Crippen LogP contribution in [0.15, 0.2) is 54.6 Å². The first kappa shape index (κ1) is 23.8. The third-order valence-electron chi connectivity index (χ3n) is 6.14. The predicted octanol–water partition coefficient (Wildman–Crippen LogP) is 5.02. The summed E-state index contributed by atoms with van der Waals surface area (Å²) in [5.41, 5.74) is 2.21. The first-order valence-electron chi connectivity index (χ1n) is 11.9. The smallest absolute Gasteiger partial charge is 0.242 e. The van der Waals surface area contributed by atoms with E-state index in [1.165, 1.54) is 12.0 Å². The molecule has 1 aliphatic carbocycles. The normalized spacial score (nSPS) is 15.1. The van der Waals surface area contributed by atoms with Crippen LogP contribution in [0, 0.1) is 6.92 Å². The molecule has 0 saturated heterocycles. The van der Waals surface area contributed by atoms with Gasteiger partial charge in [0.25, 0.3) is 0 Å². The van der Waals surface area contributed by atoms with Crippen molar-refractivity contribution in [2.75, 3.05) is 6.61 Å². The molecule has 2 aromatic rings. The number of aryl methyl sites for hydroxylation is 1. The molecule has 2 aromatic carbocycles. The van der Waals surface area contributed by atoms with Gasteiger partial charge < -0.3 is 15.0 Å². The van der Waals surface area contributed by atoms with E-state index < -0.39 is 6.04 Å². The van der Waals surface area contributed by atoms with E-state index in [9.17, 15) is 9.59 Å². The summed E-state index contributed by atoms with van der Waals surface area (Å²) < 4.78 is 5.77. The van der Waals surface area contributed by atoms with Crippen LogP contribution >= 0.6 is 0 Å². The number of carbonyl (C=O) groups excluding carboxylic acids is 2. The van der Waals surface area contributed by atoms with Crippen LogP contribution in [0.2, 0.25) is 0 Å². The van der Waals surface area contributed by atoms with E-state index in [0.29, 0.717) is 26.0 Å². The minimum atomic E-state index is -0.511. The number of nitrogens with one attached hydrogen (secondary N) is 1. The third kappa shape index (κ3) is 7.40. The maximum atomic E-state index is 13.1. The van der Waals surface area contributed by atoms with E-state index in [1.54, 1.807) is 4.90 Å². The number of amides is 2. The Morgan fingerprint density at radius 1 is 1.03 bits per heavy atom. The molecule has 0 bridgehead atoms. The maximum Gasteiger partial charge on any atom is 0.242 e. The Morgan fingerprint density at radius 2 is 1.72 bits per heavy atom. The molecule has 0 radical (unpaired) electrons. The summed E-state index contributed by atoms with van der Waals surface area (Å²) in [5.74, 6) is 0.731. The molecule has 1 fully saturated rings. The fourth-order valence-corrected chi connectivity index (χ4v) is 4.12. The lowest BCUT2D eigenvalue weighted by Gasteiger charge is -2.31. The molecule has 1 unspecified atom stereocenters. The Morgan fingerprint density at radius 3 is 2.41 bits per heavy atom. The van der Waals surface area contributed by atoms with Crippen LogP contribution in [0.5, 0.6) is 5.75 Å². The molecular formula is C27H36N2O3. The van der Waals surface area contributed by atoms with E-state index in [4.69, 9.17) is 4.74 Å². The van der Waals surface area contributed by atoms with Crippen LogP contribution < -0.4 is 10.1 Å². The molecule has 2 amide bonds. The van der Waals surface area contributed by atoms with Gasteiger partial charge in [0.1, 0.15) is 11.8 Å². The first-order valence-corrected chi connectivity index (χ1v) is 11.9. The summed E-state index contributed by atoms with van der Waals surface area (Å²) in [6, 6.07) is 17.5. The van der Waals surface area contributed by atoms with E-state index >= 15 is 0 Å². The summed E-state index contributed by atoms with van der Waals surface area (Å²) >= 11 is 0. The predicted molar refractivity (Wildman–Crippen MR) is 127 cm³/mol. The monoisotopic (exact) mass is 436 g/mol. The summed E-state index contributed by atoms with van der Waals surface area (Å²) in [5, 5.41) is 3.18. The largest absolute Gasteiger partial charge is 0.494 e. The highest BCUT2D eigenvalue weighted by Gasteiger charge is 2.27. The fourth-order valence-electron chi connectivity index (χ4n) is 4.12. The fraction of sp³-hybridized carbons (Fsp3) is 0.481. The van der Waals surface area contributed by atoms with Gasteiger partial charge >= 0.3 is 0 Å². The van der Waals surface area contributed by atoms with Crippen molar-refractivity contribution < 1.29 is 14.3 Å². The molecule has 1 saturated carbocycles. The van der Waals surface area contributed by atoms with E-state index in [2.05, 4.69) is 5.32 Å². The molecule has 5 heteroatoms. The zero-order valence-corrected chi connectivity index (χ0v) is 19.4. The Labute approximate surface area is 192 Å². The Balaban J connectivity index is 1.57. The zero-order valence-electron chi connectivity index (χ0n) is 19.4. The lowest BCUT2D eigenvalue weighted by Crippen LogP contribution is -2.50. The molecule has 172 valence electrons. The van der Waals surface area contributed by atoms with Gasteiger partial charge in [0.2, 0.25) is 11.8 Å². The molecular weight excluding hydrogens is 400 g/mol. The van der Waals surface area contributed by atoms with E-state index in [1.807, 2.05) is 68.4 Å². The van der Waals surface area contributed by atoms with Crippen LogP contribution in [0.3, 0.4) is 0 Å². The van der Waals surface area contributed by atoms with Crippen LogP contribution in [0.25, 0.3) is 0 Å². The van der Waals surface area contributed by atoms with Gasteiger partial charge in [-0.05, 0) is 50.8 Å². The standard InChI is InChI=1S/C27H36N2O3/c1-21-15-17-25(18-16-21)32-19-9-14-26(30)29(20-23-10-5-3-6-11-23)22(2)27(31)28-24-12-7-4-8-13-24/h3,5-6,10-11,15-18,22,24H,4,7-9,12-14,19-20H2,1-2H3,(H,28,31). The van der Waals surface area contributed by atoms with Crippen molar-refractivity contribution in [3.05, 3.63) is 65.7 Å². The van der Waals surface area contributed by atoms with Crippen molar-refractivity contribution in [1.29, 1.82) is 0 Å². The second-order valence-electron chi connectivity index (χ2n) is 8.79. The minimum absolute atomic E-state index is 0.0207. The van der Waals surface area contributed by atoms with Crippen LogP contribution in [-0.2, 0) is 16.1 Å². The van der Waals surface area contributed by atoms with E-state index in [0.717, 1.165) is 37.0 Å². The first-order chi connectivity index (χ1) is 15.5. The van der Waals surface area contributed by atoms with Crippen molar-refractivity contribution in [2.24, 2.45) is 0 Å². The van der Waals surface area contributed by atoms with Crippen molar-refractivity contribution >= 4 is 11.8 Å². The Hall–Kier alpha value is -2.82. The summed E-state index contributed by atoms with van der Waals surface area (Å²) in [6.07, 6.45) is 6.57. The van der Waals surface area contributed by atoms with Crippen molar-refractivity contribution in [3.8, 4) is 5.75 Å².